The average Bonchev–Trinajstić information content (AvgIpc) is 3.19. The van der Waals surface area contributed by atoms with Gasteiger partial charge in [-0.25, -0.2) is 9.69 Å². The van der Waals surface area contributed by atoms with E-state index in [9.17, 15) is 24.5 Å². The first-order valence-electron chi connectivity index (χ1n) is 12.4. The summed E-state index contributed by atoms with van der Waals surface area (Å²) in [5.41, 5.74) is 1.55. The predicted octanol–water partition coefficient (Wildman–Crippen LogP) is 4.47. The Kier molecular flexibility index (Phi) is 7.89. The first-order chi connectivity index (χ1) is 19.1. The van der Waals surface area contributed by atoms with Crippen molar-refractivity contribution in [1.29, 1.82) is 0 Å². The number of anilines is 1. The van der Waals surface area contributed by atoms with E-state index >= 15 is 0 Å². The van der Waals surface area contributed by atoms with Gasteiger partial charge in [-0.1, -0.05) is 0 Å². The Balaban J connectivity index is 1.81. The number of nitrogens with zero attached hydrogens (tertiary/aromatic N) is 3. The van der Waals surface area contributed by atoms with Gasteiger partial charge in [-0.3, -0.25) is 25.0 Å². The van der Waals surface area contributed by atoms with Crippen molar-refractivity contribution >= 4 is 35.3 Å². The molecule has 0 spiro atoms. The molecule has 2 aromatic carbocycles. The molecule has 4 amide bonds. The molecule has 1 saturated heterocycles. The molecule has 0 aliphatic carbocycles. The Morgan fingerprint density at radius 3 is 2.30 bits per heavy atom. The standard InChI is InChI=1S/C28H28N4O8/c1-6-39-20-9-11-25(40-7-2)24(15-20)31-27(34)21(26(33)29-28(31)35)13-18-12-16(3)30(17(18)4)22-10-8-19(38-5)14-23(22)32(36)37/h8-15H,6-7H2,1-5H3,(H,29,33,35)/b21-13+. The van der Waals surface area contributed by atoms with Gasteiger partial charge in [0.1, 0.15) is 28.5 Å². The van der Waals surface area contributed by atoms with E-state index in [4.69, 9.17) is 14.2 Å². The van der Waals surface area contributed by atoms with Gasteiger partial charge in [-0.2, -0.15) is 0 Å². The number of amides is 4. The third kappa shape index (κ3) is 5.10. The largest absolute Gasteiger partial charge is 0.496 e. The SMILES string of the molecule is CCOc1ccc(OCC)c(N2C(=O)NC(=O)/C(=C\c3cc(C)n(-c4ccc(OC)cc4[N+](=O)[O-])c3C)C2=O)c1. The van der Waals surface area contributed by atoms with E-state index in [-0.39, 0.29) is 35.0 Å². The molecule has 4 rings (SSSR count). The van der Waals surface area contributed by atoms with Gasteiger partial charge in [0.05, 0.1) is 37.0 Å². The number of rotatable bonds is 9. The molecular weight excluding hydrogens is 520 g/mol. The van der Waals surface area contributed by atoms with Crippen LogP contribution < -0.4 is 24.4 Å². The number of imide groups is 2. The summed E-state index contributed by atoms with van der Waals surface area (Å²) >= 11 is 0. The number of carbonyl (C=O) groups excluding carboxylic acids is 3. The number of barbiturate groups is 1. The van der Waals surface area contributed by atoms with Crippen LogP contribution in [0.1, 0.15) is 30.8 Å². The molecule has 1 aliphatic heterocycles. The van der Waals surface area contributed by atoms with E-state index < -0.39 is 22.8 Å². The predicted molar refractivity (Wildman–Crippen MR) is 146 cm³/mol. The summed E-state index contributed by atoms with van der Waals surface area (Å²) in [5.74, 6) is -0.731. The third-order valence-electron chi connectivity index (χ3n) is 6.27. The Hall–Kier alpha value is -5.13. The van der Waals surface area contributed by atoms with Crippen molar-refractivity contribution in [2.45, 2.75) is 27.7 Å². The van der Waals surface area contributed by atoms with Crippen LogP contribution >= 0.6 is 0 Å². The monoisotopic (exact) mass is 548 g/mol. The second-order valence-corrected chi connectivity index (χ2v) is 8.73. The zero-order valence-electron chi connectivity index (χ0n) is 22.6. The zero-order chi connectivity index (χ0) is 29.1. The van der Waals surface area contributed by atoms with Crippen LogP contribution in [0.3, 0.4) is 0 Å². The number of aromatic nitrogens is 1. The van der Waals surface area contributed by atoms with E-state index in [0.29, 0.717) is 35.1 Å². The molecule has 3 aromatic rings. The number of methoxy groups -OCH3 is 1. The van der Waals surface area contributed by atoms with Crippen LogP contribution in [0.25, 0.3) is 11.8 Å². The molecule has 0 saturated carbocycles. The van der Waals surface area contributed by atoms with E-state index in [1.165, 1.54) is 25.3 Å². The van der Waals surface area contributed by atoms with E-state index in [2.05, 4.69) is 5.32 Å². The number of benzene rings is 2. The normalized spacial score (nSPS) is 14.4. The van der Waals surface area contributed by atoms with Crippen molar-refractivity contribution < 1.29 is 33.5 Å². The Morgan fingerprint density at radius 1 is 0.950 bits per heavy atom. The van der Waals surface area contributed by atoms with Crippen molar-refractivity contribution in [3.63, 3.8) is 0 Å². The minimum Gasteiger partial charge on any atom is -0.496 e. The Bertz CT molecular complexity index is 1560. The molecule has 0 atom stereocenters. The summed E-state index contributed by atoms with van der Waals surface area (Å²) < 4.78 is 17.9. The number of carbonyl (C=O) groups is 3. The topological polar surface area (TPSA) is 142 Å². The molecule has 0 radical (unpaired) electrons. The lowest BCUT2D eigenvalue weighted by Crippen LogP contribution is -2.54. The average molecular weight is 549 g/mol. The minimum absolute atomic E-state index is 0.119. The fourth-order valence-electron chi connectivity index (χ4n) is 4.51. The molecule has 1 aromatic heterocycles. The molecule has 1 fully saturated rings. The van der Waals surface area contributed by atoms with Crippen molar-refractivity contribution in [2.24, 2.45) is 0 Å². The molecule has 12 nitrogen and oxygen atoms in total. The summed E-state index contributed by atoms with van der Waals surface area (Å²) in [7, 11) is 1.42. The van der Waals surface area contributed by atoms with Crippen molar-refractivity contribution in [3.8, 4) is 22.9 Å². The number of aryl methyl sites for hydroxylation is 1. The molecule has 1 aliphatic rings. The third-order valence-corrected chi connectivity index (χ3v) is 6.27. The van der Waals surface area contributed by atoms with Gasteiger partial charge < -0.3 is 18.8 Å². The van der Waals surface area contributed by atoms with Crippen LogP contribution in [-0.4, -0.2) is 47.7 Å². The van der Waals surface area contributed by atoms with Crippen LogP contribution in [0.2, 0.25) is 0 Å². The van der Waals surface area contributed by atoms with Crippen LogP contribution in [0, 0.1) is 24.0 Å². The summed E-state index contributed by atoms with van der Waals surface area (Å²) in [6.07, 6.45) is 1.36. The molecule has 40 heavy (non-hydrogen) atoms. The summed E-state index contributed by atoms with van der Waals surface area (Å²) in [4.78, 5) is 51.5. The molecular formula is C28H28N4O8. The Labute approximate surface area is 229 Å². The van der Waals surface area contributed by atoms with Gasteiger partial charge >= 0.3 is 6.03 Å². The molecule has 2 heterocycles. The van der Waals surface area contributed by atoms with Gasteiger partial charge in [0.25, 0.3) is 17.5 Å². The molecule has 12 heteroatoms. The lowest BCUT2D eigenvalue weighted by molar-refractivity contribution is -0.384. The second-order valence-electron chi connectivity index (χ2n) is 8.73. The number of nitrogens with one attached hydrogen (secondary N) is 1. The number of hydrogen-bond acceptors (Lipinski definition) is 8. The first-order valence-corrected chi connectivity index (χ1v) is 12.4. The summed E-state index contributed by atoms with van der Waals surface area (Å²) in [6.45, 7) is 7.64. The van der Waals surface area contributed by atoms with Crippen LogP contribution in [-0.2, 0) is 9.59 Å². The van der Waals surface area contributed by atoms with Crippen LogP contribution in [0.15, 0.2) is 48.0 Å². The molecule has 0 bridgehead atoms. The van der Waals surface area contributed by atoms with Crippen LogP contribution in [0.5, 0.6) is 17.2 Å². The highest BCUT2D eigenvalue weighted by atomic mass is 16.6. The Morgan fingerprint density at radius 2 is 1.65 bits per heavy atom. The fourth-order valence-corrected chi connectivity index (χ4v) is 4.51. The molecule has 208 valence electrons. The van der Waals surface area contributed by atoms with Crippen molar-refractivity contribution in [2.75, 3.05) is 25.2 Å². The number of hydrogen-bond donors (Lipinski definition) is 1. The van der Waals surface area contributed by atoms with Gasteiger partial charge in [0, 0.05) is 17.5 Å². The lowest BCUT2D eigenvalue weighted by atomic mass is 10.1. The highest BCUT2D eigenvalue weighted by Crippen LogP contribution is 2.36. The quantitative estimate of drug-likeness (QED) is 0.179. The second kappa shape index (κ2) is 11.3. The van der Waals surface area contributed by atoms with E-state index in [1.54, 1.807) is 62.6 Å². The lowest BCUT2D eigenvalue weighted by Gasteiger charge is -2.28. The number of ether oxygens (including phenoxy) is 3. The summed E-state index contributed by atoms with van der Waals surface area (Å²) in [6, 6.07) is 9.98. The first kappa shape index (κ1) is 27.9. The smallest absolute Gasteiger partial charge is 0.336 e. The zero-order valence-corrected chi connectivity index (χ0v) is 22.6. The van der Waals surface area contributed by atoms with Gasteiger partial charge in [0.2, 0.25) is 0 Å². The van der Waals surface area contributed by atoms with Crippen molar-refractivity contribution in [1.82, 2.24) is 9.88 Å². The van der Waals surface area contributed by atoms with Gasteiger partial charge in [0.15, 0.2) is 0 Å². The van der Waals surface area contributed by atoms with E-state index in [0.717, 1.165) is 4.90 Å². The highest BCUT2D eigenvalue weighted by molar-refractivity contribution is 6.39. The fraction of sp³-hybridized carbons (Fsp3) is 0.250. The maximum Gasteiger partial charge on any atom is 0.336 e. The number of urea groups is 1. The number of nitro groups is 1. The maximum absolute atomic E-state index is 13.6. The van der Waals surface area contributed by atoms with Crippen LogP contribution in [0.4, 0.5) is 16.2 Å². The molecule has 0 unspecified atom stereocenters. The van der Waals surface area contributed by atoms with E-state index in [1.807, 2.05) is 0 Å². The summed E-state index contributed by atoms with van der Waals surface area (Å²) in [5, 5.41) is 14.0. The van der Waals surface area contributed by atoms with Gasteiger partial charge in [-0.15, -0.1) is 0 Å². The highest BCUT2D eigenvalue weighted by Gasteiger charge is 2.38. The minimum atomic E-state index is -0.930. The van der Waals surface area contributed by atoms with Crippen molar-refractivity contribution in [3.05, 3.63) is 75.1 Å². The maximum atomic E-state index is 13.6. The van der Waals surface area contributed by atoms with Gasteiger partial charge in [-0.05, 0) is 69.7 Å². The molecule has 1 N–H and O–H groups in total. The number of nitro benzene ring substituents is 1.